The van der Waals surface area contributed by atoms with Gasteiger partial charge in [0, 0.05) is 12.6 Å². The number of rotatable bonds is 4. The summed E-state index contributed by atoms with van der Waals surface area (Å²) >= 11 is 0. The van der Waals surface area contributed by atoms with Crippen LogP contribution >= 0.6 is 0 Å². The van der Waals surface area contributed by atoms with E-state index in [1.165, 1.54) is 25.7 Å². The van der Waals surface area contributed by atoms with Gasteiger partial charge >= 0.3 is 0 Å². The van der Waals surface area contributed by atoms with Gasteiger partial charge < -0.3 is 15.7 Å². The van der Waals surface area contributed by atoms with Gasteiger partial charge in [0.2, 0.25) is 5.91 Å². The van der Waals surface area contributed by atoms with Gasteiger partial charge in [0.25, 0.3) is 0 Å². The molecule has 2 fully saturated rings. The number of carbonyl (C=O) groups is 1. The highest BCUT2D eigenvalue weighted by Gasteiger charge is 2.42. The number of carbonyl (C=O) groups excluding carboxylic acids is 1. The summed E-state index contributed by atoms with van der Waals surface area (Å²) in [5.74, 6) is 0.616. The van der Waals surface area contributed by atoms with Crippen LogP contribution in [0.25, 0.3) is 0 Å². The van der Waals surface area contributed by atoms with Crippen LogP contribution in [-0.2, 0) is 4.79 Å². The molecule has 0 aromatic rings. The molecule has 4 heteroatoms. The maximum Gasteiger partial charge on any atom is 0.242 e. The predicted molar refractivity (Wildman–Crippen MR) is 80.2 cm³/mol. The van der Waals surface area contributed by atoms with Crippen LogP contribution in [0.15, 0.2) is 0 Å². The van der Waals surface area contributed by atoms with Crippen molar-refractivity contribution in [2.75, 3.05) is 13.2 Å². The first kappa shape index (κ1) is 15.8. The summed E-state index contributed by atoms with van der Waals surface area (Å²) in [5, 5.41) is 9.32. The molecule has 0 radical (unpaired) electrons. The molecule has 116 valence electrons. The quantitative estimate of drug-likeness (QED) is 0.829. The minimum absolute atomic E-state index is 0.0356. The maximum absolute atomic E-state index is 12.9. The van der Waals surface area contributed by atoms with Crippen LogP contribution in [-0.4, -0.2) is 40.6 Å². The molecule has 2 saturated carbocycles. The van der Waals surface area contributed by atoms with E-state index in [2.05, 4.69) is 6.92 Å². The van der Waals surface area contributed by atoms with Crippen molar-refractivity contribution in [2.24, 2.45) is 11.7 Å². The van der Waals surface area contributed by atoms with E-state index < -0.39 is 5.54 Å². The molecule has 0 heterocycles. The molecule has 3 N–H and O–H groups in total. The summed E-state index contributed by atoms with van der Waals surface area (Å²) in [6.45, 7) is 2.66. The minimum Gasteiger partial charge on any atom is -0.395 e. The Hall–Kier alpha value is -0.610. The lowest BCUT2D eigenvalue weighted by Crippen LogP contribution is -2.60. The van der Waals surface area contributed by atoms with Crippen LogP contribution in [0.3, 0.4) is 0 Å². The summed E-state index contributed by atoms with van der Waals surface area (Å²) in [7, 11) is 0. The van der Waals surface area contributed by atoms with Crippen molar-refractivity contribution in [2.45, 2.75) is 76.3 Å². The molecule has 20 heavy (non-hydrogen) atoms. The average Bonchev–Trinajstić information content (AvgIpc) is 2.45. The fourth-order valence-electron chi connectivity index (χ4n) is 4.02. The van der Waals surface area contributed by atoms with E-state index in [0.717, 1.165) is 32.1 Å². The molecule has 2 atom stereocenters. The van der Waals surface area contributed by atoms with Crippen molar-refractivity contribution < 1.29 is 9.90 Å². The number of hydrogen-bond donors (Lipinski definition) is 2. The standard InChI is InChI=1S/C16H30N2O2/c1-13-6-5-9-16(17,12-13)15(20)18(10-11-19)14-7-3-2-4-8-14/h13-14,19H,2-12,17H2,1H3. The van der Waals surface area contributed by atoms with Gasteiger partial charge in [-0.15, -0.1) is 0 Å². The Morgan fingerprint density at radius 2 is 1.95 bits per heavy atom. The molecule has 0 aromatic carbocycles. The molecule has 0 aliphatic heterocycles. The second-order valence-corrected chi connectivity index (χ2v) is 6.87. The molecule has 0 saturated heterocycles. The zero-order chi connectivity index (χ0) is 14.6. The first-order valence-electron chi connectivity index (χ1n) is 8.27. The van der Waals surface area contributed by atoms with Crippen molar-refractivity contribution in [3.8, 4) is 0 Å². The highest BCUT2D eigenvalue weighted by molar-refractivity contribution is 5.86. The topological polar surface area (TPSA) is 66.6 Å². The third-order valence-electron chi connectivity index (χ3n) is 5.08. The van der Waals surface area contributed by atoms with Crippen LogP contribution in [0.1, 0.15) is 64.7 Å². The monoisotopic (exact) mass is 282 g/mol. The molecule has 4 nitrogen and oxygen atoms in total. The Labute approximate surface area is 122 Å². The van der Waals surface area contributed by atoms with Crippen LogP contribution in [0, 0.1) is 5.92 Å². The van der Waals surface area contributed by atoms with Crippen molar-refractivity contribution in [3.63, 3.8) is 0 Å². The summed E-state index contributed by atoms with van der Waals surface area (Å²) in [6, 6.07) is 0.293. The number of amides is 1. The average molecular weight is 282 g/mol. The molecule has 0 bridgehead atoms. The number of aliphatic hydroxyl groups is 1. The predicted octanol–water partition coefficient (Wildman–Crippen LogP) is 2.05. The van der Waals surface area contributed by atoms with E-state index in [4.69, 9.17) is 5.73 Å². The minimum atomic E-state index is -0.690. The van der Waals surface area contributed by atoms with Crippen molar-refractivity contribution in [1.29, 1.82) is 0 Å². The van der Waals surface area contributed by atoms with Gasteiger partial charge in [-0.05, 0) is 31.6 Å². The highest BCUT2D eigenvalue weighted by Crippen LogP contribution is 2.33. The van der Waals surface area contributed by atoms with Gasteiger partial charge in [-0.2, -0.15) is 0 Å². The molecule has 2 aliphatic rings. The molecule has 0 aromatic heterocycles. The summed E-state index contributed by atoms with van der Waals surface area (Å²) in [5.41, 5.74) is 5.77. The fourth-order valence-corrected chi connectivity index (χ4v) is 4.02. The Morgan fingerprint density at radius 1 is 1.25 bits per heavy atom. The zero-order valence-corrected chi connectivity index (χ0v) is 12.8. The van der Waals surface area contributed by atoms with Crippen LogP contribution < -0.4 is 5.73 Å². The van der Waals surface area contributed by atoms with Crippen LogP contribution in [0.5, 0.6) is 0 Å². The van der Waals surface area contributed by atoms with E-state index in [0.29, 0.717) is 18.5 Å². The number of nitrogens with two attached hydrogens (primary N) is 1. The SMILES string of the molecule is CC1CCCC(N)(C(=O)N(CCO)C2CCCCC2)C1. The van der Waals surface area contributed by atoms with Crippen molar-refractivity contribution in [3.05, 3.63) is 0 Å². The van der Waals surface area contributed by atoms with E-state index in [-0.39, 0.29) is 12.5 Å². The van der Waals surface area contributed by atoms with Crippen molar-refractivity contribution in [1.82, 2.24) is 4.90 Å². The molecular weight excluding hydrogens is 252 g/mol. The molecule has 0 spiro atoms. The molecule has 2 unspecified atom stereocenters. The number of aliphatic hydroxyl groups excluding tert-OH is 1. The number of hydrogen-bond acceptors (Lipinski definition) is 3. The summed E-state index contributed by atoms with van der Waals surface area (Å²) in [6.07, 6.45) is 9.58. The van der Waals surface area contributed by atoms with Gasteiger partial charge in [0.15, 0.2) is 0 Å². The van der Waals surface area contributed by atoms with E-state index >= 15 is 0 Å². The first-order valence-corrected chi connectivity index (χ1v) is 8.27. The normalized spacial score (nSPS) is 32.0. The Bertz CT molecular complexity index is 328. The van der Waals surface area contributed by atoms with Gasteiger partial charge in [0.05, 0.1) is 12.1 Å². The van der Waals surface area contributed by atoms with Gasteiger partial charge in [0.1, 0.15) is 0 Å². The van der Waals surface area contributed by atoms with Crippen LogP contribution in [0.4, 0.5) is 0 Å². The highest BCUT2D eigenvalue weighted by atomic mass is 16.3. The van der Waals surface area contributed by atoms with Crippen LogP contribution in [0.2, 0.25) is 0 Å². The summed E-state index contributed by atoms with van der Waals surface area (Å²) in [4.78, 5) is 14.8. The Morgan fingerprint density at radius 3 is 2.55 bits per heavy atom. The molecule has 1 amide bonds. The van der Waals surface area contributed by atoms with Crippen molar-refractivity contribution >= 4 is 5.91 Å². The first-order chi connectivity index (χ1) is 9.57. The lowest BCUT2D eigenvalue weighted by Gasteiger charge is -2.42. The smallest absolute Gasteiger partial charge is 0.242 e. The second kappa shape index (κ2) is 6.90. The lowest BCUT2D eigenvalue weighted by molar-refractivity contribution is -0.142. The zero-order valence-electron chi connectivity index (χ0n) is 12.8. The summed E-state index contributed by atoms with van der Waals surface area (Å²) < 4.78 is 0. The number of nitrogens with zero attached hydrogens (tertiary/aromatic N) is 1. The van der Waals surface area contributed by atoms with E-state index in [9.17, 15) is 9.90 Å². The van der Waals surface area contributed by atoms with E-state index in [1.54, 1.807) is 0 Å². The Kier molecular flexibility index (Phi) is 5.44. The third-order valence-corrected chi connectivity index (χ3v) is 5.08. The third kappa shape index (κ3) is 3.53. The Balaban J connectivity index is 2.08. The largest absolute Gasteiger partial charge is 0.395 e. The van der Waals surface area contributed by atoms with Gasteiger partial charge in [-0.1, -0.05) is 39.0 Å². The van der Waals surface area contributed by atoms with Gasteiger partial charge in [-0.25, -0.2) is 0 Å². The molecular formula is C16H30N2O2. The van der Waals surface area contributed by atoms with E-state index in [1.807, 2.05) is 4.90 Å². The fraction of sp³-hybridized carbons (Fsp3) is 0.938. The molecule has 2 rings (SSSR count). The molecule has 2 aliphatic carbocycles. The van der Waals surface area contributed by atoms with Gasteiger partial charge in [-0.3, -0.25) is 4.79 Å². The second-order valence-electron chi connectivity index (χ2n) is 6.87. The maximum atomic E-state index is 12.9. The lowest BCUT2D eigenvalue weighted by atomic mass is 9.75.